The van der Waals surface area contributed by atoms with Crippen LogP contribution in [0.1, 0.15) is 25.0 Å². The van der Waals surface area contributed by atoms with Crippen LogP contribution in [0.3, 0.4) is 0 Å². The molecule has 1 saturated carbocycles. The van der Waals surface area contributed by atoms with Crippen LogP contribution in [0.2, 0.25) is 5.15 Å². The fraction of sp³-hybridized carbons (Fsp3) is 0.412. The van der Waals surface area contributed by atoms with E-state index in [1.54, 1.807) is 6.08 Å². The Hall–Kier alpha value is -1.85. The molecular formula is C17H20ClN3O2. The van der Waals surface area contributed by atoms with E-state index in [-0.39, 0.29) is 5.91 Å². The average Bonchev–Trinajstić information content (AvgIpc) is 3.31. The van der Waals surface area contributed by atoms with Gasteiger partial charge >= 0.3 is 0 Å². The first-order valence-corrected chi connectivity index (χ1v) is 8.28. The van der Waals surface area contributed by atoms with Gasteiger partial charge in [-0.25, -0.2) is 4.98 Å². The second-order valence-corrected chi connectivity index (χ2v) is 6.07. The van der Waals surface area contributed by atoms with Gasteiger partial charge < -0.3 is 10.1 Å². The molecule has 0 bridgehead atoms. The number of hydrogen-bond acceptors (Lipinski definition) is 3. The van der Waals surface area contributed by atoms with E-state index in [1.165, 1.54) is 18.9 Å². The van der Waals surface area contributed by atoms with E-state index >= 15 is 0 Å². The first-order chi connectivity index (χ1) is 11.2. The first-order valence-electron chi connectivity index (χ1n) is 7.90. The number of ether oxygens (including phenoxy) is 1. The van der Waals surface area contributed by atoms with Crippen molar-refractivity contribution < 1.29 is 9.53 Å². The Morgan fingerprint density at radius 1 is 1.48 bits per heavy atom. The Bertz CT molecular complexity index is 707. The van der Waals surface area contributed by atoms with Gasteiger partial charge in [-0.2, -0.15) is 0 Å². The first kappa shape index (κ1) is 16.0. The Morgan fingerprint density at radius 2 is 2.35 bits per heavy atom. The van der Waals surface area contributed by atoms with Gasteiger partial charge in [0.1, 0.15) is 5.65 Å². The Balaban J connectivity index is 1.44. The number of nitrogens with one attached hydrogen (secondary N) is 1. The molecule has 0 radical (unpaired) electrons. The van der Waals surface area contributed by atoms with Crippen molar-refractivity contribution in [3.63, 3.8) is 0 Å². The molecule has 0 aliphatic heterocycles. The zero-order valence-corrected chi connectivity index (χ0v) is 13.6. The van der Waals surface area contributed by atoms with Crippen molar-refractivity contribution in [2.45, 2.75) is 19.3 Å². The highest BCUT2D eigenvalue weighted by molar-refractivity contribution is 6.31. The number of carbonyl (C=O) groups is 1. The standard InChI is InChI=1S/C17H20ClN3O2/c18-17-14(21-10-2-1-4-15(21)20-17)7-8-16(22)19-9-3-11-23-12-13-5-6-13/h1-2,4,7-8,10,13H,3,5-6,9,11-12H2,(H,19,22)/b8-7+. The number of rotatable bonds is 8. The monoisotopic (exact) mass is 333 g/mol. The van der Waals surface area contributed by atoms with E-state index < -0.39 is 0 Å². The summed E-state index contributed by atoms with van der Waals surface area (Å²) < 4.78 is 7.37. The molecule has 0 unspecified atom stereocenters. The summed E-state index contributed by atoms with van der Waals surface area (Å²) in [6.07, 6.45) is 8.45. The minimum absolute atomic E-state index is 0.144. The van der Waals surface area contributed by atoms with Crippen molar-refractivity contribution in [1.29, 1.82) is 0 Å². The van der Waals surface area contributed by atoms with Crippen LogP contribution in [0.25, 0.3) is 11.7 Å². The van der Waals surface area contributed by atoms with Gasteiger partial charge in [-0.1, -0.05) is 17.7 Å². The van der Waals surface area contributed by atoms with Crippen LogP contribution in [0.4, 0.5) is 0 Å². The summed E-state index contributed by atoms with van der Waals surface area (Å²) in [6.45, 7) is 2.16. The number of pyridine rings is 1. The third-order valence-electron chi connectivity index (χ3n) is 3.73. The van der Waals surface area contributed by atoms with Gasteiger partial charge in [-0.05, 0) is 43.4 Å². The summed E-state index contributed by atoms with van der Waals surface area (Å²) in [5, 5.41) is 3.22. The molecule has 2 aromatic heterocycles. The normalized spacial score (nSPS) is 14.7. The minimum atomic E-state index is -0.144. The minimum Gasteiger partial charge on any atom is -0.381 e. The number of imidazole rings is 1. The lowest BCUT2D eigenvalue weighted by molar-refractivity contribution is -0.116. The molecule has 122 valence electrons. The summed E-state index contributed by atoms with van der Waals surface area (Å²) >= 11 is 6.11. The van der Waals surface area contributed by atoms with Crippen LogP contribution in [0, 0.1) is 5.92 Å². The van der Waals surface area contributed by atoms with Crippen LogP contribution >= 0.6 is 11.6 Å². The third-order valence-corrected chi connectivity index (χ3v) is 4.01. The zero-order chi connectivity index (χ0) is 16.1. The highest BCUT2D eigenvalue weighted by Gasteiger charge is 2.20. The van der Waals surface area contributed by atoms with Gasteiger partial charge in [0.05, 0.1) is 5.69 Å². The van der Waals surface area contributed by atoms with Crippen molar-refractivity contribution in [2.24, 2.45) is 5.92 Å². The molecule has 1 aliphatic rings. The summed E-state index contributed by atoms with van der Waals surface area (Å²) in [6, 6.07) is 5.65. The Morgan fingerprint density at radius 3 is 3.17 bits per heavy atom. The predicted octanol–water partition coefficient (Wildman–Crippen LogP) is 2.93. The molecule has 0 saturated heterocycles. The van der Waals surface area contributed by atoms with E-state index in [4.69, 9.17) is 16.3 Å². The fourth-order valence-corrected chi connectivity index (χ4v) is 2.51. The average molecular weight is 334 g/mol. The number of hydrogen-bond donors (Lipinski definition) is 1. The van der Waals surface area contributed by atoms with Crippen LogP contribution in [0.15, 0.2) is 30.5 Å². The maximum absolute atomic E-state index is 11.8. The smallest absolute Gasteiger partial charge is 0.244 e. The second-order valence-electron chi connectivity index (χ2n) is 5.71. The van der Waals surface area contributed by atoms with Gasteiger partial charge in [0.25, 0.3) is 0 Å². The van der Waals surface area contributed by atoms with Crippen LogP contribution in [-0.4, -0.2) is 35.1 Å². The third kappa shape index (κ3) is 4.56. The second kappa shape index (κ2) is 7.62. The fourth-order valence-electron chi connectivity index (χ4n) is 2.27. The summed E-state index contributed by atoms with van der Waals surface area (Å²) in [4.78, 5) is 16.1. The van der Waals surface area contributed by atoms with Gasteiger partial charge in [0.15, 0.2) is 5.15 Å². The Kier molecular flexibility index (Phi) is 5.31. The molecule has 2 aromatic rings. The molecule has 0 atom stereocenters. The van der Waals surface area contributed by atoms with E-state index in [0.717, 1.165) is 24.6 Å². The van der Waals surface area contributed by atoms with E-state index in [0.29, 0.717) is 24.0 Å². The van der Waals surface area contributed by atoms with Crippen LogP contribution in [-0.2, 0) is 9.53 Å². The molecular weight excluding hydrogens is 314 g/mol. The molecule has 1 fully saturated rings. The van der Waals surface area contributed by atoms with E-state index in [9.17, 15) is 4.79 Å². The van der Waals surface area contributed by atoms with E-state index in [1.807, 2.05) is 28.8 Å². The van der Waals surface area contributed by atoms with Crippen molar-refractivity contribution >= 4 is 29.2 Å². The molecule has 1 amide bonds. The molecule has 6 heteroatoms. The lowest BCUT2D eigenvalue weighted by Gasteiger charge is -2.03. The molecule has 5 nitrogen and oxygen atoms in total. The van der Waals surface area contributed by atoms with Gasteiger partial charge in [0, 0.05) is 32.0 Å². The number of amides is 1. The lowest BCUT2D eigenvalue weighted by atomic mass is 10.3. The zero-order valence-electron chi connectivity index (χ0n) is 12.9. The Labute approximate surface area is 140 Å². The molecule has 1 aliphatic carbocycles. The molecule has 1 N–H and O–H groups in total. The van der Waals surface area contributed by atoms with E-state index in [2.05, 4.69) is 10.3 Å². The van der Waals surface area contributed by atoms with Gasteiger partial charge in [-0.3, -0.25) is 9.20 Å². The quantitative estimate of drug-likeness (QED) is 0.597. The van der Waals surface area contributed by atoms with Gasteiger partial charge in [-0.15, -0.1) is 0 Å². The van der Waals surface area contributed by atoms with Gasteiger partial charge in [0.2, 0.25) is 5.91 Å². The number of fused-ring (bicyclic) bond motifs is 1. The molecule has 0 spiro atoms. The van der Waals surface area contributed by atoms with Crippen molar-refractivity contribution in [2.75, 3.05) is 19.8 Å². The summed E-state index contributed by atoms with van der Waals surface area (Å²) in [5.74, 6) is 0.636. The van der Waals surface area contributed by atoms with Crippen molar-refractivity contribution in [3.05, 3.63) is 41.3 Å². The number of carbonyl (C=O) groups excluding carboxylic acids is 1. The molecule has 2 heterocycles. The SMILES string of the molecule is O=C(/C=C/c1c(Cl)nc2ccccn12)NCCCOCC1CC1. The number of nitrogens with zero attached hydrogens (tertiary/aromatic N) is 2. The molecule has 3 rings (SSSR count). The van der Waals surface area contributed by atoms with Crippen LogP contribution < -0.4 is 5.32 Å². The van der Waals surface area contributed by atoms with Crippen molar-refractivity contribution in [3.8, 4) is 0 Å². The molecule has 0 aromatic carbocycles. The maximum atomic E-state index is 11.8. The number of aromatic nitrogens is 2. The van der Waals surface area contributed by atoms with Crippen molar-refractivity contribution in [1.82, 2.24) is 14.7 Å². The summed E-state index contributed by atoms with van der Waals surface area (Å²) in [5.41, 5.74) is 1.45. The molecule has 23 heavy (non-hydrogen) atoms. The topological polar surface area (TPSA) is 55.6 Å². The summed E-state index contributed by atoms with van der Waals surface area (Å²) in [7, 11) is 0. The lowest BCUT2D eigenvalue weighted by Crippen LogP contribution is -2.23. The predicted molar refractivity (Wildman–Crippen MR) is 90.4 cm³/mol. The highest BCUT2D eigenvalue weighted by Crippen LogP contribution is 2.28. The highest BCUT2D eigenvalue weighted by atomic mass is 35.5. The largest absolute Gasteiger partial charge is 0.381 e. The maximum Gasteiger partial charge on any atom is 0.244 e. The number of halogens is 1. The van der Waals surface area contributed by atoms with Crippen LogP contribution in [0.5, 0.6) is 0 Å².